The van der Waals surface area contributed by atoms with Crippen LogP contribution in [0.1, 0.15) is 0 Å². The molecule has 0 spiro atoms. The van der Waals surface area contributed by atoms with Crippen molar-refractivity contribution in [2.75, 3.05) is 12.3 Å². The minimum Gasteiger partial charge on any atom is -0.399 e. The normalized spacial score (nSPS) is 12.0. The molecule has 0 atom stereocenters. The van der Waals surface area contributed by atoms with Gasteiger partial charge >= 0.3 is 0 Å². The van der Waals surface area contributed by atoms with Crippen LogP contribution >= 0.6 is 0 Å². The lowest BCUT2D eigenvalue weighted by Gasteiger charge is -2.15. The number of hydrogen-bond donors (Lipinski definition) is 1. The van der Waals surface area contributed by atoms with Crippen molar-refractivity contribution in [2.45, 2.75) is 32.4 Å². The summed E-state index contributed by atoms with van der Waals surface area (Å²) in [6.07, 6.45) is 7.60. The van der Waals surface area contributed by atoms with Crippen LogP contribution in [-0.4, -0.2) is 39.0 Å². The SMILES string of the molecule is Cn1cc(-c2cnc3c(n2)c(-c2ccc(N)cc2)cn3COCC[Si](C)(C)C)cn1. The van der Waals surface area contributed by atoms with Gasteiger partial charge in [0.2, 0.25) is 0 Å². The molecule has 3 heterocycles. The number of nitrogens with zero attached hydrogens (tertiary/aromatic N) is 5. The van der Waals surface area contributed by atoms with Gasteiger partial charge < -0.3 is 15.0 Å². The van der Waals surface area contributed by atoms with Crippen molar-refractivity contribution in [3.63, 3.8) is 0 Å². The topological polar surface area (TPSA) is 83.8 Å². The Hall–Kier alpha value is -2.97. The first-order valence-corrected chi connectivity index (χ1v) is 13.8. The molecular weight excluding hydrogens is 392 g/mol. The Kier molecular flexibility index (Phi) is 5.44. The molecule has 156 valence electrons. The van der Waals surface area contributed by atoms with E-state index >= 15 is 0 Å². The van der Waals surface area contributed by atoms with Gasteiger partial charge in [-0.3, -0.25) is 4.68 Å². The molecule has 4 aromatic rings. The van der Waals surface area contributed by atoms with Crippen molar-refractivity contribution in [3.8, 4) is 22.4 Å². The van der Waals surface area contributed by atoms with Crippen LogP contribution in [0.25, 0.3) is 33.5 Å². The summed E-state index contributed by atoms with van der Waals surface area (Å²) < 4.78 is 9.78. The molecule has 0 amide bonds. The second kappa shape index (κ2) is 8.04. The van der Waals surface area contributed by atoms with Gasteiger partial charge in [0.15, 0.2) is 5.65 Å². The highest BCUT2D eigenvalue weighted by molar-refractivity contribution is 6.76. The number of aryl methyl sites for hydroxylation is 1. The molecule has 30 heavy (non-hydrogen) atoms. The number of aromatic nitrogens is 5. The lowest BCUT2D eigenvalue weighted by Crippen LogP contribution is -2.22. The summed E-state index contributed by atoms with van der Waals surface area (Å²) in [6, 6.07) is 8.97. The predicted octanol–water partition coefficient (Wildman–Crippen LogP) is 4.39. The van der Waals surface area contributed by atoms with E-state index in [0.717, 1.165) is 51.9 Å². The summed E-state index contributed by atoms with van der Waals surface area (Å²) in [5.74, 6) is 0. The molecule has 0 unspecified atom stereocenters. The fourth-order valence-corrected chi connectivity index (χ4v) is 4.01. The fraction of sp³-hybridized carbons (Fsp3) is 0.318. The summed E-state index contributed by atoms with van der Waals surface area (Å²) in [4.78, 5) is 9.65. The van der Waals surface area contributed by atoms with Gasteiger partial charge in [0.05, 0.1) is 18.1 Å². The van der Waals surface area contributed by atoms with Gasteiger partial charge in [-0.05, 0) is 23.7 Å². The lowest BCUT2D eigenvalue weighted by atomic mass is 10.1. The third-order valence-electron chi connectivity index (χ3n) is 5.01. The van der Waals surface area contributed by atoms with Gasteiger partial charge in [0.25, 0.3) is 0 Å². The summed E-state index contributed by atoms with van der Waals surface area (Å²) in [5.41, 5.74) is 12.1. The number of benzene rings is 1. The van der Waals surface area contributed by atoms with Gasteiger partial charge in [-0.2, -0.15) is 5.10 Å². The van der Waals surface area contributed by atoms with Crippen LogP contribution in [0.5, 0.6) is 0 Å². The molecule has 0 saturated heterocycles. The quantitative estimate of drug-likeness (QED) is 0.272. The van der Waals surface area contributed by atoms with Crippen LogP contribution in [0, 0.1) is 0 Å². The molecule has 0 fully saturated rings. The molecule has 0 bridgehead atoms. The van der Waals surface area contributed by atoms with E-state index in [1.807, 2.05) is 42.1 Å². The summed E-state index contributed by atoms with van der Waals surface area (Å²) in [5, 5.41) is 4.25. The van der Waals surface area contributed by atoms with Crippen LogP contribution < -0.4 is 5.73 Å². The number of hydrogen-bond acceptors (Lipinski definition) is 5. The van der Waals surface area contributed by atoms with Crippen molar-refractivity contribution in [1.82, 2.24) is 24.3 Å². The highest BCUT2D eigenvalue weighted by atomic mass is 28.3. The monoisotopic (exact) mass is 420 g/mol. The number of anilines is 1. The molecule has 0 radical (unpaired) electrons. The third kappa shape index (κ3) is 4.44. The highest BCUT2D eigenvalue weighted by Gasteiger charge is 2.16. The number of nitrogen functional groups attached to an aromatic ring is 1. The molecule has 0 aliphatic carbocycles. The zero-order valence-corrected chi connectivity index (χ0v) is 19.0. The average molecular weight is 421 g/mol. The van der Waals surface area contributed by atoms with Gasteiger partial charge in [-0.15, -0.1) is 0 Å². The maximum atomic E-state index is 5.99. The van der Waals surface area contributed by atoms with Crippen molar-refractivity contribution < 1.29 is 4.74 Å². The number of fused-ring (bicyclic) bond motifs is 1. The van der Waals surface area contributed by atoms with E-state index in [2.05, 4.69) is 30.9 Å². The maximum absolute atomic E-state index is 5.99. The largest absolute Gasteiger partial charge is 0.399 e. The number of nitrogens with two attached hydrogens (primary N) is 1. The van der Waals surface area contributed by atoms with Crippen molar-refractivity contribution in [3.05, 3.63) is 49.1 Å². The molecule has 0 aliphatic rings. The van der Waals surface area contributed by atoms with E-state index in [1.165, 1.54) is 0 Å². The Morgan fingerprint density at radius 1 is 1.03 bits per heavy atom. The highest BCUT2D eigenvalue weighted by Crippen LogP contribution is 2.30. The Balaban J connectivity index is 1.72. The maximum Gasteiger partial charge on any atom is 0.161 e. The average Bonchev–Trinajstić information content (AvgIpc) is 3.29. The van der Waals surface area contributed by atoms with E-state index in [-0.39, 0.29) is 0 Å². The molecular formula is C22H28N6OSi. The van der Waals surface area contributed by atoms with E-state index < -0.39 is 8.07 Å². The molecule has 0 aliphatic heterocycles. The molecule has 7 nitrogen and oxygen atoms in total. The smallest absolute Gasteiger partial charge is 0.161 e. The minimum absolute atomic E-state index is 0.455. The van der Waals surface area contributed by atoms with Crippen molar-refractivity contribution in [2.24, 2.45) is 7.05 Å². The Morgan fingerprint density at radius 3 is 2.47 bits per heavy atom. The van der Waals surface area contributed by atoms with Crippen molar-refractivity contribution in [1.29, 1.82) is 0 Å². The van der Waals surface area contributed by atoms with E-state index in [1.54, 1.807) is 17.1 Å². The van der Waals surface area contributed by atoms with Crippen molar-refractivity contribution >= 4 is 24.9 Å². The van der Waals surface area contributed by atoms with E-state index in [9.17, 15) is 0 Å². The minimum atomic E-state index is -1.13. The number of rotatable bonds is 7. The van der Waals surface area contributed by atoms with Gasteiger partial charge in [-0.25, -0.2) is 9.97 Å². The molecule has 4 rings (SSSR count). The second-order valence-electron chi connectivity index (χ2n) is 8.81. The molecule has 1 aromatic carbocycles. The van der Waals surface area contributed by atoms with Gasteiger partial charge in [0, 0.05) is 50.9 Å². The van der Waals surface area contributed by atoms with Crippen LogP contribution in [-0.2, 0) is 18.5 Å². The summed E-state index contributed by atoms with van der Waals surface area (Å²) >= 11 is 0. The Labute approximate surface area is 177 Å². The van der Waals surface area contributed by atoms with E-state index in [0.29, 0.717) is 6.73 Å². The molecule has 2 N–H and O–H groups in total. The first-order valence-electron chi connectivity index (χ1n) is 10.1. The van der Waals surface area contributed by atoms with Crippen LogP contribution in [0.2, 0.25) is 25.7 Å². The van der Waals surface area contributed by atoms with Crippen LogP contribution in [0.4, 0.5) is 5.69 Å². The fourth-order valence-electron chi connectivity index (χ4n) is 3.26. The van der Waals surface area contributed by atoms with Crippen LogP contribution in [0.3, 0.4) is 0 Å². The zero-order valence-electron chi connectivity index (χ0n) is 18.0. The standard InChI is InChI=1S/C22H28N6OSi/c1-27-13-17(11-25-27)20-12-24-22-21(26-20)19(16-5-7-18(23)8-6-16)14-28(22)15-29-9-10-30(2,3)4/h5-8,11-14H,9-10,15,23H2,1-4H3. The molecule has 0 saturated carbocycles. The first kappa shape index (κ1) is 20.3. The van der Waals surface area contributed by atoms with Gasteiger partial charge in [-0.1, -0.05) is 31.8 Å². The van der Waals surface area contributed by atoms with Gasteiger partial charge in [0.1, 0.15) is 12.2 Å². The third-order valence-corrected chi connectivity index (χ3v) is 6.72. The zero-order chi connectivity index (χ0) is 21.3. The first-order chi connectivity index (χ1) is 14.3. The second-order valence-corrected chi connectivity index (χ2v) is 14.4. The van der Waals surface area contributed by atoms with Crippen LogP contribution in [0.15, 0.2) is 49.1 Å². The Bertz CT molecular complexity index is 1160. The molecule has 8 heteroatoms. The Morgan fingerprint density at radius 2 is 1.80 bits per heavy atom. The molecule has 3 aromatic heterocycles. The predicted molar refractivity (Wildman–Crippen MR) is 124 cm³/mol. The lowest BCUT2D eigenvalue weighted by molar-refractivity contribution is 0.0899. The summed E-state index contributed by atoms with van der Waals surface area (Å²) in [7, 11) is 0.766. The number of ether oxygens (including phenoxy) is 1. The van der Waals surface area contributed by atoms with E-state index in [4.69, 9.17) is 20.4 Å². The summed E-state index contributed by atoms with van der Waals surface area (Å²) in [6.45, 7) is 8.27.